The van der Waals surface area contributed by atoms with Gasteiger partial charge in [0.05, 0.1) is 13.2 Å². The normalized spacial score (nSPS) is 11.2. The third-order valence-corrected chi connectivity index (χ3v) is 3.45. The van der Waals surface area contributed by atoms with Crippen molar-refractivity contribution in [2.24, 2.45) is 0 Å². The second-order valence-electron chi connectivity index (χ2n) is 5.74. The number of aliphatic hydroxyl groups excluding tert-OH is 1. The summed E-state index contributed by atoms with van der Waals surface area (Å²) in [6.07, 6.45) is 0.103. The molecule has 2 aromatic carbocycles. The third kappa shape index (κ3) is 6.64. The zero-order valence-electron chi connectivity index (χ0n) is 14.6. The summed E-state index contributed by atoms with van der Waals surface area (Å²) in [5.74, 6) is 0.788. The number of ether oxygens (including phenoxy) is 2. The molecule has 5 nitrogen and oxygen atoms in total. The molecule has 0 saturated carbocycles. The van der Waals surface area contributed by atoms with Crippen molar-refractivity contribution in [3.8, 4) is 11.5 Å². The molecule has 0 aliphatic carbocycles. The Labute approximate surface area is 154 Å². The molecule has 1 unspecified atom stereocenters. The number of aliphatic hydroxyl groups is 1. The predicted molar refractivity (Wildman–Crippen MR) is 101 cm³/mol. The summed E-state index contributed by atoms with van der Waals surface area (Å²) < 4.78 is 10.8. The predicted octanol–water partition coefficient (Wildman–Crippen LogP) is 3.37. The van der Waals surface area contributed by atoms with E-state index in [0.29, 0.717) is 17.9 Å². The molecule has 0 heterocycles. The van der Waals surface area contributed by atoms with Gasteiger partial charge in [0.25, 0.3) is 5.91 Å². The van der Waals surface area contributed by atoms with Gasteiger partial charge in [-0.25, -0.2) is 0 Å². The molecular weight excluding hydrogens is 342 g/mol. The van der Waals surface area contributed by atoms with E-state index < -0.39 is 6.10 Å². The fraction of sp³-hybridized carbons (Fsp3) is 0.316. The van der Waals surface area contributed by atoms with Crippen LogP contribution in [0.25, 0.3) is 0 Å². The molecule has 0 saturated heterocycles. The quantitative estimate of drug-likeness (QED) is 0.789. The lowest BCUT2D eigenvalue weighted by molar-refractivity contribution is -0.118. The molecule has 0 aliphatic rings. The van der Waals surface area contributed by atoms with Crippen LogP contribution in [0.2, 0.25) is 0 Å². The number of anilines is 1. The van der Waals surface area contributed by atoms with Gasteiger partial charge in [-0.3, -0.25) is 4.79 Å². The van der Waals surface area contributed by atoms with Crippen LogP contribution < -0.4 is 14.8 Å². The first kappa shape index (κ1) is 20.8. The molecule has 0 aromatic heterocycles. The molecule has 2 aromatic rings. The molecule has 1 amide bonds. The number of amides is 1. The maximum atomic E-state index is 12.0. The van der Waals surface area contributed by atoms with Crippen molar-refractivity contribution in [3.63, 3.8) is 0 Å². The van der Waals surface area contributed by atoms with E-state index in [1.54, 1.807) is 26.2 Å². The van der Waals surface area contributed by atoms with E-state index in [1.165, 1.54) is 0 Å². The van der Waals surface area contributed by atoms with E-state index in [-0.39, 0.29) is 24.9 Å². The number of nitrogens with one attached hydrogen (secondary N) is 1. The fourth-order valence-corrected chi connectivity index (χ4v) is 2.28. The van der Waals surface area contributed by atoms with E-state index in [1.807, 2.05) is 37.3 Å². The number of hydrogen-bond acceptors (Lipinski definition) is 4. The lowest BCUT2D eigenvalue weighted by Crippen LogP contribution is -2.20. The molecule has 0 fully saturated rings. The number of halogens is 1. The summed E-state index contributed by atoms with van der Waals surface area (Å²) in [7, 11) is 1.54. The third-order valence-electron chi connectivity index (χ3n) is 3.45. The van der Waals surface area contributed by atoms with Crippen LogP contribution in [0.4, 0.5) is 5.69 Å². The van der Waals surface area contributed by atoms with Gasteiger partial charge in [-0.15, -0.1) is 12.4 Å². The van der Waals surface area contributed by atoms with Gasteiger partial charge in [-0.2, -0.15) is 0 Å². The number of rotatable bonds is 7. The number of benzene rings is 2. The minimum Gasteiger partial charge on any atom is -0.493 e. The first-order chi connectivity index (χ1) is 11.5. The number of methoxy groups -OCH3 is 1. The highest BCUT2D eigenvalue weighted by Crippen LogP contribution is 2.28. The van der Waals surface area contributed by atoms with E-state index in [4.69, 9.17) is 9.47 Å². The average molecular weight is 366 g/mol. The Hall–Kier alpha value is -2.24. The maximum absolute atomic E-state index is 12.0. The topological polar surface area (TPSA) is 67.8 Å². The summed E-state index contributed by atoms with van der Waals surface area (Å²) in [6.45, 7) is 3.61. The summed E-state index contributed by atoms with van der Waals surface area (Å²) in [5, 5.41) is 12.2. The monoisotopic (exact) mass is 365 g/mol. The fourth-order valence-electron chi connectivity index (χ4n) is 2.28. The van der Waals surface area contributed by atoms with Crippen LogP contribution in [0.5, 0.6) is 11.5 Å². The molecule has 0 aliphatic heterocycles. The van der Waals surface area contributed by atoms with E-state index in [2.05, 4.69) is 5.32 Å². The molecular formula is C19H24ClNO4. The Morgan fingerprint density at radius 1 is 1.16 bits per heavy atom. The second-order valence-corrected chi connectivity index (χ2v) is 5.74. The zero-order chi connectivity index (χ0) is 17.5. The first-order valence-corrected chi connectivity index (χ1v) is 7.82. The minimum atomic E-state index is -0.429. The summed E-state index contributed by atoms with van der Waals surface area (Å²) in [4.78, 5) is 12.0. The minimum absolute atomic E-state index is 0. The molecule has 0 radical (unpaired) electrons. The van der Waals surface area contributed by atoms with Crippen molar-refractivity contribution < 1.29 is 19.4 Å². The van der Waals surface area contributed by atoms with Crippen LogP contribution in [-0.2, 0) is 11.2 Å². The highest BCUT2D eigenvalue weighted by molar-refractivity contribution is 5.91. The van der Waals surface area contributed by atoms with Crippen molar-refractivity contribution in [1.82, 2.24) is 0 Å². The number of hydrogen-bond donors (Lipinski definition) is 2. The van der Waals surface area contributed by atoms with Gasteiger partial charge in [0.15, 0.2) is 18.1 Å². The SMILES string of the molecule is COc1cc(CC(C)O)ccc1OCC(=O)Nc1ccc(C)cc1.Cl. The molecule has 2 N–H and O–H groups in total. The van der Waals surface area contributed by atoms with Crippen molar-refractivity contribution >= 4 is 24.0 Å². The Bertz CT molecular complexity index is 686. The Balaban J connectivity index is 0.00000312. The molecule has 2 rings (SSSR count). The smallest absolute Gasteiger partial charge is 0.262 e. The second kappa shape index (κ2) is 9.91. The number of carbonyl (C=O) groups is 1. The lowest BCUT2D eigenvalue weighted by Gasteiger charge is -2.13. The highest BCUT2D eigenvalue weighted by Gasteiger charge is 2.10. The lowest BCUT2D eigenvalue weighted by atomic mass is 10.1. The molecule has 0 bridgehead atoms. The van der Waals surface area contributed by atoms with Gasteiger partial charge in [0.2, 0.25) is 0 Å². The van der Waals surface area contributed by atoms with Crippen LogP contribution in [0, 0.1) is 6.92 Å². The summed E-state index contributed by atoms with van der Waals surface area (Å²) in [5.41, 5.74) is 2.80. The standard InChI is InChI=1S/C19H23NO4.ClH/c1-13-4-7-16(8-5-13)20-19(22)12-24-17-9-6-15(10-14(2)21)11-18(17)23-3;/h4-9,11,14,21H,10,12H2,1-3H3,(H,20,22);1H. The van der Waals surface area contributed by atoms with Crippen molar-refractivity contribution in [2.75, 3.05) is 19.0 Å². The van der Waals surface area contributed by atoms with Crippen molar-refractivity contribution in [3.05, 3.63) is 53.6 Å². The Morgan fingerprint density at radius 2 is 1.84 bits per heavy atom. The van der Waals surface area contributed by atoms with Crippen LogP contribution in [0.3, 0.4) is 0 Å². The van der Waals surface area contributed by atoms with Gasteiger partial charge in [0.1, 0.15) is 0 Å². The van der Waals surface area contributed by atoms with Gasteiger partial charge in [-0.05, 0) is 50.1 Å². The van der Waals surface area contributed by atoms with Gasteiger partial charge in [0, 0.05) is 5.69 Å². The van der Waals surface area contributed by atoms with Gasteiger partial charge >= 0.3 is 0 Å². The Morgan fingerprint density at radius 3 is 2.44 bits per heavy atom. The molecule has 136 valence electrons. The zero-order valence-corrected chi connectivity index (χ0v) is 15.4. The number of aryl methyl sites for hydroxylation is 1. The molecule has 6 heteroatoms. The van der Waals surface area contributed by atoms with Gasteiger partial charge < -0.3 is 19.9 Å². The Kier molecular flexibility index (Phi) is 8.25. The van der Waals surface area contributed by atoms with Crippen LogP contribution in [0.1, 0.15) is 18.1 Å². The van der Waals surface area contributed by atoms with Gasteiger partial charge in [-0.1, -0.05) is 23.8 Å². The van der Waals surface area contributed by atoms with Crippen LogP contribution in [-0.4, -0.2) is 30.8 Å². The molecule has 25 heavy (non-hydrogen) atoms. The van der Waals surface area contributed by atoms with Crippen LogP contribution in [0.15, 0.2) is 42.5 Å². The molecule has 0 spiro atoms. The average Bonchev–Trinajstić information content (AvgIpc) is 2.55. The molecule has 1 atom stereocenters. The van der Waals surface area contributed by atoms with Crippen molar-refractivity contribution in [2.45, 2.75) is 26.4 Å². The van der Waals surface area contributed by atoms with Crippen LogP contribution >= 0.6 is 12.4 Å². The van der Waals surface area contributed by atoms with E-state index in [9.17, 15) is 9.90 Å². The van der Waals surface area contributed by atoms with Crippen molar-refractivity contribution in [1.29, 1.82) is 0 Å². The largest absolute Gasteiger partial charge is 0.493 e. The summed E-state index contributed by atoms with van der Waals surface area (Å²) in [6, 6.07) is 13.0. The first-order valence-electron chi connectivity index (χ1n) is 7.82. The number of carbonyl (C=O) groups excluding carboxylic acids is 1. The van der Waals surface area contributed by atoms with E-state index in [0.717, 1.165) is 16.8 Å². The summed E-state index contributed by atoms with van der Waals surface area (Å²) >= 11 is 0. The van der Waals surface area contributed by atoms with E-state index >= 15 is 0 Å². The highest BCUT2D eigenvalue weighted by atomic mass is 35.5. The maximum Gasteiger partial charge on any atom is 0.262 e.